The fourth-order valence-corrected chi connectivity index (χ4v) is 2.94. The van der Waals surface area contributed by atoms with Crippen LogP contribution in [0, 0.1) is 22.7 Å². The van der Waals surface area contributed by atoms with Crippen LogP contribution in [-0.2, 0) is 20.7 Å². The molecule has 5 nitrogen and oxygen atoms in total. The lowest BCUT2D eigenvalue weighted by Crippen LogP contribution is -2.39. The van der Waals surface area contributed by atoms with E-state index < -0.39 is 17.3 Å². The quantitative estimate of drug-likeness (QED) is 0.630. The van der Waals surface area contributed by atoms with Crippen LogP contribution < -0.4 is 4.74 Å². The van der Waals surface area contributed by atoms with Crippen molar-refractivity contribution in [2.24, 2.45) is 11.3 Å². The summed E-state index contributed by atoms with van der Waals surface area (Å²) in [6, 6.07) is 9.82. The lowest BCUT2D eigenvalue weighted by atomic mass is 9.67. The second-order valence-corrected chi connectivity index (χ2v) is 5.66. The van der Waals surface area contributed by atoms with Crippen molar-refractivity contribution in [2.45, 2.75) is 25.7 Å². The Morgan fingerprint density at radius 1 is 1.36 bits per heavy atom. The fourth-order valence-electron chi connectivity index (χ4n) is 2.94. The van der Waals surface area contributed by atoms with Gasteiger partial charge in [0.2, 0.25) is 0 Å². The van der Waals surface area contributed by atoms with E-state index in [1.807, 2.05) is 24.3 Å². The number of benzene rings is 1. The first-order valence-electron chi connectivity index (χ1n) is 7.18. The molecule has 1 aliphatic rings. The second kappa shape index (κ2) is 6.61. The van der Waals surface area contributed by atoms with Gasteiger partial charge in [-0.25, -0.2) is 0 Å². The molecule has 1 aromatic carbocycles. The number of carbonyl (C=O) groups excluding carboxylic acids is 2. The summed E-state index contributed by atoms with van der Waals surface area (Å²) < 4.78 is 9.81. The van der Waals surface area contributed by atoms with Crippen LogP contribution in [0.1, 0.15) is 24.8 Å². The Morgan fingerprint density at radius 2 is 2.05 bits per heavy atom. The zero-order chi connectivity index (χ0) is 16.2. The van der Waals surface area contributed by atoms with Gasteiger partial charge in [-0.05, 0) is 37.0 Å². The highest BCUT2D eigenvalue weighted by atomic mass is 16.5. The summed E-state index contributed by atoms with van der Waals surface area (Å²) in [4.78, 5) is 23.7. The minimum absolute atomic E-state index is 0.132. The molecule has 0 aromatic heterocycles. The molecule has 0 spiro atoms. The number of hydrogen-bond donors (Lipinski definition) is 0. The molecule has 2 unspecified atom stereocenters. The maximum Gasteiger partial charge on any atom is 0.316 e. The highest BCUT2D eigenvalue weighted by Crippen LogP contribution is 2.40. The van der Waals surface area contributed by atoms with Crippen LogP contribution in [0.2, 0.25) is 0 Å². The summed E-state index contributed by atoms with van der Waals surface area (Å²) in [7, 11) is 2.86. The van der Waals surface area contributed by atoms with Gasteiger partial charge in [-0.1, -0.05) is 12.1 Å². The first kappa shape index (κ1) is 16.0. The van der Waals surface area contributed by atoms with E-state index in [0.29, 0.717) is 12.8 Å². The van der Waals surface area contributed by atoms with Gasteiger partial charge in [0.15, 0.2) is 0 Å². The highest BCUT2D eigenvalue weighted by Gasteiger charge is 2.44. The van der Waals surface area contributed by atoms with E-state index in [1.54, 1.807) is 7.11 Å². The molecule has 0 heterocycles. The van der Waals surface area contributed by atoms with Crippen LogP contribution in [0.4, 0.5) is 0 Å². The van der Waals surface area contributed by atoms with E-state index in [-0.39, 0.29) is 18.6 Å². The zero-order valence-corrected chi connectivity index (χ0v) is 12.8. The predicted octanol–water partition coefficient (Wildman–Crippen LogP) is 2.29. The van der Waals surface area contributed by atoms with Crippen LogP contribution in [0.5, 0.6) is 5.75 Å². The van der Waals surface area contributed by atoms with Crippen LogP contribution in [0.25, 0.3) is 0 Å². The molecular formula is C17H19NO4. The number of ketones is 1. The number of rotatable bonds is 4. The summed E-state index contributed by atoms with van der Waals surface area (Å²) in [5.74, 6) is -0.746. The number of methoxy groups -OCH3 is 2. The van der Waals surface area contributed by atoms with E-state index in [0.717, 1.165) is 11.3 Å². The molecule has 1 aromatic rings. The number of carbonyl (C=O) groups is 2. The molecule has 1 fully saturated rings. The summed E-state index contributed by atoms with van der Waals surface area (Å²) in [5, 5.41) is 9.62. The van der Waals surface area contributed by atoms with Gasteiger partial charge in [-0.2, -0.15) is 5.26 Å². The summed E-state index contributed by atoms with van der Waals surface area (Å²) in [6.07, 6.45) is 1.45. The van der Waals surface area contributed by atoms with Gasteiger partial charge in [-0.15, -0.1) is 0 Å². The molecule has 1 saturated carbocycles. The summed E-state index contributed by atoms with van der Waals surface area (Å²) >= 11 is 0. The van der Waals surface area contributed by atoms with E-state index in [9.17, 15) is 14.9 Å². The van der Waals surface area contributed by atoms with E-state index in [2.05, 4.69) is 6.07 Å². The average molecular weight is 301 g/mol. The Bertz CT molecular complexity index is 594. The third-order valence-electron chi connectivity index (χ3n) is 4.26. The number of hydrogen-bond acceptors (Lipinski definition) is 5. The number of nitrogens with zero attached hydrogens (tertiary/aromatic N) is 1. The number of nitriles is 1. The minimum atomic E-state index is -0.823. The maximum atomic E-state index is 11.9. The van der Waals surface area contributed by atoms with E-state index in [1.165, 1.54) is 7.11 Å². The van der Waals surface area contributed by atoms with Gasteiger partial charge in [0.1, 0.15) is 17.5 Å². The maximum absolute atomic E-state index is 11.9. The van der Waals surface area contributed by atoms with Crippen LogP contribution >= 0.6 is 0 Å². The van der Waals surface area contributed by atoms with Gasteiger partial charge in [0.25, 0.3) is 0 Å². The Hall–Kier alpha value is -2.35. The van der Waals surface area contributed by atoms with Crippen molar-refractivity contribution < 1.29 is 19.1 Å². The molecule has 2 atom stereocenters. The Labute approximate surface area is 129 Å². The zero-order valence-electron chi connectivity index (χ0n) is 12.8. The van der Waals surface area contributed by atoms with Gasteiger partial charge in [-0.3, -0.25) is 9.59 Å². The van der Waals surface area contributed by atoms with Gasteiger partial charge in [0.05, 0.1) is 25.7 Å². The first-order chi connectivity index (χ1) is 10.5. The fraction of sp³-hybridized carbons (Fsp3) is 0.471. The second-order valence-electron chi connectivity index (χ2n) is 5.66. The molecular weight excluding hydrogens is 282 g/mol. The van der Waals surface area contributed by atoms with Gasteiger partial charge >= 0.3 is 5.97 Å². The van der Waals surface area contributed by atoms with Crippen molar-refractivity contribution in [3.8, 4) is 11.8 Å². The molecule has 0 radical (unpaired) electrons. The van der Waals surface area contributed by atoms with E-state index in [4.69, 9.17) is 9.47 Å². The number of Topliss-reactive ketones (excluding diaryl/α,β-unsaturated/α-hetero) is 1. The van der Waals surface area contributed by atoms with Crippen LogP contribution in [0.15, 0.2) is 24.3 Å². The van der Waals surface area contributed by atoms with Crippen LogP contribution in [-0.4, -0.2) is 26.0 Å². The average Bonchev–Trinajstić information content (AvgIpc) is 2.57. The summed E-state index contributed by atoms with van der Waals surface area (Å²) in [6.45, 7) is 0. The molecule has 0 amide bonds. The summed E-state index contributed by atoms with van der Waals surface area (Å²) in [5.41, 5.74) is 0.279. The normalized spacial score (nSPS) is 24.4. The topological polar surface area (TPSA) is 76.4 Å². The van der Waals surface area contributed by atoms with Crippen molar-refractivity contribution in [3.05, 3.63) is 29.8 Å². The lowest BCUT2D eigenvalue weighted by Gasteiger charge is -2.33. The molecule has 116 valence electrons. The first-order valence-corrected chi connectivity index (χ1v) is 7.18. The van der Waals surface area contributed by atoms with Gasteiger partial charge < -0.3 is 9.47 Å². The molecule has 1 aliphatic carbocycles. The molecule has 0 N–H and O–H groups in total. The largest absolute Gasteiger partial charge is 0.497 e. The van der Waals surface area contributed by atoms with Crippen molar-refractivity contribution in [1.29, 1.82) is 5.26 Å². The van der Waals surface area contributed by atoms with Crippen molar-refractivity contribution in [1.82, 2.24) is 0 Å². The molecule has 0 saturated heterocycles. The molecule has 2 rings (SSSR count). The monoisotopic (exact) mass is 301 g/mol. The van der Waals surface area contributed by atoms with Crippen LogP contribution in [0.3, 0.4) is 0 Å². The SMILES string of the molecule is COC(=O)C1CC(C#N)(Cc2ccc(OC)cc2)CCC1=O. The number of esters is 1. The Morgan fingerprint density at radius 3 is 2.59 bits per heavy atom. The van der Waals surface area contributed by atoms with E-state index >= 15 is 0 Å². The lowest BCUT2D eigenvalue weighted by molar-refractivity contribution is -0.152. The Kier molecular flexibility index (Phi) is 4.81. The van der Waals surface area contributed by atoms with Gasteiger partial charge in [0, 0.05) is 6.42 Å². The standard InChI is InChI=1S/C17H19NO4/c1-21-13-5-3-12(4-6-13)9-17(11-18)8-7-15(19)14(10-17)16(20)22-2/h3-6,14H,7-10H2,1-2H3. The highest BCUT2D eigenvalue weighted by molar-refractivity contribution is 5.99. The van der Waals surface area contributed by atoms with Crippen molar-refractivity contribution in [3.63, 3.8) is 0 Å². The number of ether oxygens (including phenoxy) is 2. The molecule has 22 heavy (non-hydrogen) atoms. The van der Waals surface area contributed by atoms with Crippen molar-refractivity contribution in [2.75, 3.05) is 14.2 Å². The third kappa shape index (κ3) is 3.28. The minimum Gasteiger partial charge on any atom is -0.497 e. The smallest absolute Gasteiger partial charge is 0.316 e. The third-order valence-corrected chi connectivity index (χ3v) is 4.26. The molecule has 0 aliphatic heterocycles. The molecule has 5 heteroatoms. The van der Waals surface area contributed by atoms with Crippen molar-refractivity contribution >= 4 is 11.8 Å². The predicted molar refractivity (Wildman–Crippen MR) is 79.1 cm³/mol. The molecule has 0 bridgehead atoms. The Balaban J connectivity index is 2.19.